The molecule has 0 atom stereocenters. The first-order valence-electron chi connectivity index (χ1n) is 5.67. The summed E-state index contributed by atoms with van der Waals surface area (Å²) in [5.74, 6) is 1.39. The van der Waals surface area contributed by atoms with Gasteiger partial charge in [0.15, 0.2) is 4.34 Å². The van der Waals surface area contributed by atoms with E-state index >= 15 is 0 Å². The van der Waals surface area contributed by atoms with Gasteiger partial charge in [0.1, 0.15) is 10.8 Å². The second-order valence-corrected chi connectivity index (χ2v) is 6.25. The van der Waals surface area contributed by atoms with Crippen LogP contribution in [0.1, 0.15) is 5.01 Å². The van der Waals surface area contributed by atoms with Crippen LogP contribution in [-0.4, -0.2) is 39.7 Å². The summed E-state index contributed by atoms with van der Waals surface area (Å²) in [4.78, 5) is 0. The molecular formula is C11H13BN2O3S2. The van der Waals surface area contributed by atoms with Crippen molar-refractivity contribution in [3.63, 3.8) is 0 Å². The molecular weight excluding hydrogens is 283 g/mol. The molecule has 2 rings (SSSR count). The molecule has 0 amide bonds. The molecule has 5 nitrogen and oxygen atoms in total. The maximum atomic E-state index is 9.05. The first-order chi connectivity index (χ1) is 9.15. The molecule has 2 aromatic rings. The van der Waals surface area contributed by atoms with E-state index in [2.05, 4.69) is 10.2 Å². The first kappa shape index (κ1) is 14.3. The highest BCUT2D eigenvalue weighted by molar-refractivity contribution is 8.01. The zero-order chi connectivity index (χ0) is 13.7. The topological polar surface area (TPSA) is 75.5 Å². The Morgan fingerprint density at radius 2 is 2.21 bits per heavy atom. The lowest BCUT2D eigenvalue weighted by molar-refractivity contribution is 0.344. The van der Waals surface area contributed by atoms with Gasteiger partial charge in [-0.25, -0.2) is 0 Å². The molecule has 0 unspecified atom stereocenters. The Morgan fingerprint density at radius 3 is 2.89 bits per heavy atom. The van der Waals surface area contributed by atoms with Crippen molar-refractivity contribution in [1.29, 1.82) is 0 Å². The largest absolute Gasteiger partial charge is 0.493 e. The second-order valence-electron chi connectivity index (χ2n) is 3.73. The maximum absolute atomic E-state index is 9.05. The lowest BCUT2D eigenvalue weighted by Gasteiger charge is -2.06. The predicted octanol–water partition coefficient (Wildman–Crippen LogP) is 0.697. The Morgan fingerprint density at radius 1 is 1.37 bits per heavy atom. The van der Waals surface area contributed by atoms with Crippen molar-refractivity contribution >= 4 is 35.7 Å². The van der Waals surface area contributed by atoms with Gasteiger partial charge in [0.25, 0.3) is 0 Å². The van der Waals surface area contributed by atoms with E-state index in [9.17, 15) is 0 Å². The van der Waals surface area contributed by atoms with E-state index in [0.29, 0.717) is 17.8 Å². The molecule has 1 aromatic heterocycles. The van der Waals surface area contributed by atoms with Crippen LogP contribution in [0, 0.1) is 6.92 Å². The molecule has 100 valence electrons. The molecule has 0 bridgehead atoms. The van der Waals surface area contributed by atoms with Crippen LogP contribution in [0.5, 0.6) is 5.75 Å². The van der Waals surface area contributed by atoms with Crippen molar-refractivity contribution in [2.24, 2.45) is 0 Å². The molecule has 0 aliphatic carbocycles. The molecule has 0 aliphatic heterocycles. The monoisotopic (exact) mass is 296 g/mol. The minimum atomic E-state index is -1.47. The number of thioether (sulfide) groups is 1. The van der Waals surface area contributed by atoms with Crippen molar-refractivity contribution < 1.29 is 14.8 Å². The summed E-state index contributed by atoms with van der Waals surface area (Å²) in [6.07, 6.45) is 0. The van der Waals surface area contributed by atoms with E-state index in [1.165, 1.54) is 0 Å². The van der Waals surface area contributed by atoms with Gasteiger partial charge in [-0.2, -0.15) is 0 Å². The number of hydrogen-bond donors (Lipinski definition) is 2. The van der Waals surface area contributed by atoms with Crippen LogP contribution in [0.4, 0.5) is 0 Å². The fraction of sp³-hybridized carbons (Fsp3) is 0.273. The molecule has 0 saturated heterocycles. The van der Waals surface area contributed by atoms with Gasteiger partial charge >= 0.3 is 7.12 Å². The number of hydrogen-bond acceptors (Lipinski definition) is 7. The fourth-order valence-corrected chi connectivity index (χ4v) is 3.09. The number of rotatable bonds is 6. The van der Waals surface area contributed by atoms with Gasteiger partial charge in [0, 0.05) is 5.75 Å². The molecule has 1 aromatic carbocycles. The van der Waals surface area contributed by atoms with Crippen LogP contribution in [0.15, 0.2) is 28.6 Å². The Balaban J connectivity index is 1.78. The van der Waals surface area contributed by atoms with Crippen LogP contribution in [0.3, 0.4) is 0 Å². The predicted molar refractivity (Wildman–Crippen MR) is 77.1 cm³/mol. The average Bonchev–Trinajstić information content (AvgIpc) is 2.81. The normalized spacial score (nSPS) is 10.5. The molecule has 8 heteroatoms. The summed E-state index contributed by atoms with van der Waals surface area (Å²) in [7, 11) is -1.47. The minimum absolute atomic E-state index is 0.421. The van der Waals surface area contributed by atoms with Crippen LogP contribution < -0.4 is 10.2 Å². The number of aromatic nitrogens is 2. The summed E-state index contributed by atoms with van der Waals surface area (Å²) in [5, 5.41) is 27.0. The summed E-state index contributed by atoms with van der Waals surface area (Å²) in [6.45, 7) is 2.44. The van der Waals surface area contributed by atoms with Crippen LogP contribution in [0.2, 0.25) is 0 Å². The third-order valence-electron chi connectivity index (χ3n) is 2.24. The van der Waals surface area contributed by atoms with Crippen LogP contribution in [-0.2, 0) is 0 Å². The SMILES string of the molecule is Cc1nnc(SCCOc2cccc(B(O)O)c2)s1. The van der Waals surface area contributed by atoms with Gasteiger partial charge < -0.3 is 14.8 Å². The summed E-state index contributed by atoms with van der Waals surface area (Å²) >= 11 is 3.15. The fourth-order valence-electron chi connectivity index (χ4n) is 1.39. The standard InChI is InChI=1S/C11H13BN2O3S2/c1-8-13-14-11(19-8)18-6-5-17-10-4-2-3-9(7-10)12(15)16/h2-4,7,15-16H,5-6H2,1H3. The number of aryl methyl sites for hydroxylation is 1. The quantitative estimate of drug-likeness (QED) is 0.464. The first-order valence-corrected chi connectivity index (χ1v) is 7.47. The summed E-state index contributed by atoms with van der Waals surface area (Å²) in [5.41, 5.74) is 0.421. The van der Waals surface area contributed by atoms with Crippen molar-refractivity contribution in [2.45, 2.75) is 11.3 Å². The smallest absolute Gasteiger partial charge is 0.488 e. The Bertz CT molecular complexity index is 536. The van der Waals surface area contributed by atoms with Gasteiger partial charge in [-0.3, -0.25) is 0 Å². The summed E-state index contributed by atoms with van der Waals surface area (Å²) < 4.78 is 6.47. The third kappa shape index (κ3) is 4.50. The van der Waals surface area contributed by atoms with Crippen LogP contribution >= 0.6 is 23.1 Å². The zero-order valence-electron chi connectivity index (χ0n) is 10.3. The Kier molecular flexibility index (Phi) is 5.20. The molecule has 1 heterocycles. The molecule has 0 fully saturated rings. The molecule has 0 aliphatic rings. The Hall–Kier alpha value is -1.09. The zero-order valence-corrected chi connectivity index (χ0v) is 11.9. The van der Waals surface area contributed by atoms with Crippen molar-refractivity contribution in [3.05, 3.63) is 29.3 Å². The highest BCUT2D eigenvalue weighted by atomic mass is 32.2. The van der Waals surface area contributed by atoms with Gasteiger partial charge in [0.05, 0.1) is 6.61 Å². The van der Waals surface area contributed by atoms with Crippen LogP contribution in [0.25, 0.3) is 0 Å². The van der Waals surface area contributed by atoms with Gasteiger partial charge in [-0.1, -0.05) is 35.2 Å². The number of ether oxygens (including phenoxy) is 1. The average molecular weight is 296 g/mol. The number of nitrogens with zero attached hydrogens (tertiary/aromatic N) is 2. The van der Waals surface area contributed by atoms with Gasteiger partial charge in [-0.05, 0) is 24.5 Å². The van der Waals surface area contributed by atoms with E-state index in [1.807, 2.05) is 6.92 Å². The lowest BCUT2D eigenvalue weighted by Crippen LogP contribution is -2.29. The molecule has 0 spiro atoms. The maximum Gasteiger partial charge on any atom is 0.488 e. The Labute approximate surface area is 119 Å². The van der Waals surface area contributed by atoms with Gasteiger partial charge in [-0.15, -0.1) is 10.2 Å². The molecule has 0 radical (unpaired) electrons. The van der Waals surface area contributed by atoms with Crippen molar-refractivity contribution in [1.82, 2.24) is 10.2 Å². The van der Waals surface area contributed by atoms with Crippen molar-refractivity contribution in [2.75, 3.05) is 12.4 Å². The third-order valence-corrected chi connectivity index (χ3v) is 4.18. The highest BCUT2D eigenvalue weighted by Crippen LogP contribution is 2.21. The number of benzene rings is 1. The van der Waals surface area contributed by atoms with E-state index in [-0.39, 0.29) is 0 Å². The molecule has 0 saturated carbocycles. The highest BCUT2D eigenvalue weighted by Gasteiger charge is 2.11. The summed E-state index contributed by atoms with van der Waals surface area (Å²) in [6, 6.07) is 6.76. The molecule has 19 heavy (non-hydrogen) atoms. The minimum Gasteiger partial charge on any atom is -0.493 e. The second kappa shape index (κ2) is 6.90. The van der Waals surface area contributed by atoms with E-state index in [1.54, 1.807) is 47.4 Å². The molecule has 2 N–H and O–H groups in total. The van der Waals surface area contributed by atoms with Gasteiger partial charge in [0.2, 0.25) is 0 Å². The van der Waals surface area contributed by atoms with E-state index in [0.717, 1.165) is 15.1 Å². The van der Waals surface area contributed by atoms with E-state index < -0.39 is 7.12 Å². The lowest BCUT2D eigenvalue weighted by atomic mass is 9.80. The van der Waals surface area contributed by atoms with E-state index in [4.69, 9.17) is 14.8 Å². The van der Waals surface area contributed by atoms with Crippen molar-refractivity contribution in [3.8, 4) is 5.75 Å².